The molecule has 0 saturated carbocycles. The summed E-state index contributed by atoms with van der Waals surface area (Å²) in [6.45, 7) is 0. The van der Waals surface area contributed by atoms with Gasteiger partial charge in [0, 0.05) is 6.42 Å². The fourth-order valence-corrected chi connectivity index (χ4v) is 1.11. The lowest BCUT2D eigenvalue weighted by atomic mass is 10.1. The molecule has 80 valence electrons. The number of benzene rings is 1. The third-order valence-corrected chi connectivity index (χ3v) is 1.71. The van der Waals surface area contributed by atoms with Crippen molar-refractivity contribution in [3.63, 3.8) is 0 Å². The van der Waals surface area contributed by atoms with Gasteiger partial charge in [0.2, 0.25) is 0 Å². The van der Waals surface area contributed by atoms with Crippen LogP contribution in [0, 0.1) is 5.41 Å². The summed E-state index contributed by atoms with van der Waals surface area (Å²) in [6.07, 6.45) is -1.34. The van der Waals surface area contributed by atoms with Gasteiger partial charge < -0.3 is 14.6 Å². The van der Waals surface area contributed by atoms with Gasteiger partial charge in [-0.05, 0) is 17.7 Å². The first kappa shape index (κ1) is 11.0. The Balaban J connectivity index is 2.63. The average Bonchev–Trinajstić information content (AvgIpc) is 2.16. The van der Waals surface area contributed by atoms with Gasteiger partial charge in [-0.15, -0.1) is 0 Å². The Bertz CT molecular complexity index is 375. The highest BCUT2D eigenvalue weighted by Gasteiger charge is 2.06. The molecule has 0 radical (unpaired) electrons. The summed E-state index contributed by atoms with van der Waals surface area (Å²) in [7, 11) is 1.54. The molecule has 0 amide bonds. The quantitative estimate of drug-likeness (QED) is 0.452. The number of carboxylic acid groups (broad SMARTS) is 1. The van der Waals surface area contributed by atoms with Gasteiger partial charge in [-0.1, -0.05) is 12.1 Å². The molecule has 0 heterocycles. The van der Waals surface area contributed by atoms with Crippen molar-refractivity contribution in [2.75, 3.05) is 7.11 Å². The largest absolute Gasteiger partial charge is 0.512 e. The second-order valence-electron chi connectivity index (χ2n) is 2.82. The fraction of sp³-hybridized carbons (Fsp3) is 0.200. The molecule has 0 saturated heterocycles. The molecule has 0 aromatic heterocycles. The maximum Gasteiger partial charge on any atom is 0.512 e. The third-order valence-electron chi connectivity index (χ3n) is 1.71. The maximum absolute atomic E-state index is 10.1. The number of ether oxygens (including phenoxy) is 2. The Morgan fingerprint density at radius 1 is 1.53 bits per heavy atom. The summed E-state index contributed by atoms with van der Waals surface area (Å²) in [5.74, 6) is 0.353. The van der Waals surface area contributed by atoms with E-state index in [4.69, 9.17) is 15.3 Å². The highest BCUT2D eigenvalue weighted by molar-refractivity contribution is 5.84. The molecular formula is C10H11NO4. The molecule has 0 aliphatic heterocycles. The Hall–Kier alpha value is -2.04. The SMILES string of the molecule is COc1cccc(CC(=N)OC(=O)O)c1. The Morgan fingerprint density at radius 3 is 2.87 bits per heavy atom. The van der Waals surface area contributed by atoms with Gasteiger partial charge in [-0.3, -0.25) is 5.41 Å². The average molecular weight is 209 g/mol. The minimum atomic E-state index is -1.47. The molecule has 1 aromatic rings. The van der Waals surface area contributed by atoms with Gasteiger partial charge >= 0.3 is 6.16 Å². The predicted molar refractivity (Wildman–Crippen MR) is 53.5 cm³/mol. The second-order valence-corrected chi connectivity index (χ2v) is 2.82. The Morgan fingerprint density at radius 2 is 2.27 bits per heavy atom. The molecule has 0 aliphatic carbocycles. The first-order valence-corrected chi connectivity index (χ1v) is 4.23. The Kier molecular flexibility index (Phi) is 3.68. The zero-order valence-electron chi connectivity index (χ0n) is 8.19. The monoisotopic (exact) mass is 209 g/mol. The van der Waals surface area contributed by atoms with Gasteiger partial charge in [0.25, 0.3) is 0 Å². The molecule has 0 bridgehead atoms. The summed E-state index contributed by atoms with van der Waals surface area (Å²) in [5, 5.41) is 15.5. The summed E-state index contributed by atoms with van der Waals surface area (Å²) in [5.41, 5.74) is 0.764. The molecule has 0 fully saturated rings. The van der Waals surface area contributed by atoms with Crippen molar-refractivity contribution in [3.8, 4) is 5.75 Å². The molecule has 0 unspecified atom stereocenters. The van der Waals surface area contributed by atoms with Crippen molar-refractivity contribution in [2.24, 2.45) is 0 Å². The van der Waals surface area contributed by atoms with Crippen LogP contribution in [-0.2, 0) is 11.2 Å². The third kappa shape index (κ3) is 3.68. The first-order valence-electron chi connectivity index (χ1n) is 4.23. The van der Waals surface area contributed by atoms with Gasteiger partial charge in [0.05, 0.1) is 7.11 Å². The van der Waals surface area contributed by atoms with Crippen molar-refractivity contribution in [1.29, 1.82) is 5.41 Å². The fourth-order valence-electron chi connectivity index (χ4n) is 1.11. The topological polar surface area (TPSA) is 79.6 Å². The van der Waals surface area contributed by atoms with Gasteiger partial charge in [-0.25, -0.2) is 4.79 Å². The number of methoxy groups -OCH3 is 1. The summed E-state index contributed by atoms with van der Waals surface area (Å²) in [4.78, 5) is 10.1. The highest BCUT2D eigenvalue weighted by atomic mass is 16.7. The molecule has 2 N–H and O–H groups in total. The van der Waals surface area contributed by atoms with Crippen molar-refractivity contribution in [2.45, 2.75) is 6.42 Å². The normalized spacial score (nSPS) is 9.40. The van der Waals surface area contributed by atoms with Gasteiger partial charge in [-0.2, -0.15) is 0 Å². The summed E-state index contributed by atoms with van der Waals surface area (Å²) < 4.78 is 9.18. The van der Waals surface area contributed by atoms with Crippen LogP contribution < -0.4 is 4.74 Å². The van der Waals surface area contributed by atoms with Crippen LogP contribution in [0.1, 0.15) is 5.56 Å². The van der Waals surface area contributed by atoms with Gasteiger partial charge in [0.15, 0.2) is 5.90 Å². The van der Waals surface area contributed by atoms with Crippen LogP contribution >= 0.6 is 0 Å². The van der Waals surface area contributed by atoms with Crippen LogP contribution in [-0.4, -0.2) is 24.3 Å². The zero-order chi connectivity index (χ0) is 11.3. The van der Waals surface area contributed by atoms with E-state index in [-0.39, 0.29) is 12.3 Å². The zero-order valence-corrected chi connectivity index (χ0v) is 8.19. The van der Waals surface area contributed by atoms with E-state index in [0.717, 1.165) is 5.56 Å². The molecule has 1 aromatic carbocycles. The minimum Gasteiger partial charge on any atom is -0.497 e. The van der Waals surface area contributed by atoms with Crippen LogP contribution in [0.25, 0.3) is 0 Å². The van der Waals surface area contributed by atoms with E-state index in [1.807, 2.05) is 0 Å². The molecule has 5 nitrogen and oxygen atoms in total. The van der Waals surface area contributed by atoms with E-state index in [2.05, 4.69) is 4.74 Å². The van der Waals surface area contributed by atoms with E-state index >= 15 is 0 Å². The van der Waals surface area contributed by atoms with Crippen molar-refractivity contribution < 1.29 is 19.4 Å². The van der Waals surface area contributed by atoms with E-state index in [0.29, 0.717) is 5.75 Å². The number of rotatable bonds is 3. The van der Waals surface area contributed by atoms with Crippen LogP contribution in [0.4, 0.5) is 4.79 Å². The van der Waals surface area contributed by atoms with E-state index in [1.54, 1.807) is 24.3 Å². The van der Waals surface area contributed by atoms with E-state index in [9.17, 15) is 4.79 Å². The molecule has 0 aliphatic rings. The van der Waals surface area contributed by atoms with E-state index in [1.165, 1.54) is 7.11 Å². The number of carbonyl (C=O) groups is 1. The van der Waals surface area contributed by atoms with E-state index < -0.39 is 6.16 Å². The number of nitrogens with one attached hydrogen (secondary N) is 1. The van der Waals surface area contributed by atoms with Gasteiger partial charge in [0.1, 0.15) is 5.75 Å². The second kappa shape index (κ2) is 4.99. The molecule has 1 rings (SSSR count). The maximum atomic E-state index is 10.1. The predicted octanol–water partition coefficient (Wildman–Crippen LogP) is 1.91. The van der Waals surface area contributed by atoms with Crippen molar-refractivity contribution in [1.82, 2.24) is 0 Å². The first-order chi connectivity index (χ1) is 7.11. The molecular weight excluding hydrogens is 198 g/mol. The highest BCUT2D eigenvalue weighted by Crippen LogP contribution is 2.13. The summed E-state index contributed by atoms with van der Waals surface area (Å²) >= 11 is 0. The molecule has 0 atom stereocenters. The van der Waals surface area contributed by atoms with Crippen molar-refractivity contribution in [3.05, 3.63) is 29.8 Å². The molecule has 15 heavy (non-hydrogen) atoms. The molecule has 5 heteroatoms. The summed E-state index contributed by atoms with van der Waals surface area (Å²) in [6, 6.07) is 7.02. The molecule has 0 spiro atoms. The van der Waals surface area contributed by atoms with Crippen LogP contribution in [0.2, 0.25) is 0 Å². The lowest BCUT2D eigenvalue weighted by molar-refractivity contribution is 0.139. The van der Waals surface area contributed by atoms with Crippen LogP contribution in [0.5, 0.6) is 5.75 Å². The van der Waals surface area contributed by atoms with Crippen LogP contribution in [0.15, 0.2) is 24.3 Å². The lowest BCUT2D eigenvalue weighted by Crippen LogP contribution is -2.11. The Labute approximate surface area is 86.8 Å². The van der Waals surface area contributed by atoms with Crippen LogP contribution in [0.3, 0.4) is 0 Å². The minimum absolute atomic E-state index is 0.128. The number of hydrogen-bond acceptors (Lipinski definition) is 4. The standard InChI is InChI=1S/C10H11NO4/c1-14-8-4-2-3-7(5-8)6-9(11)15-10(12)13/h2-5,11H,6H2,1H3,(H,12,13). The number of hydrogen-bond donors (Lipinski definition) is 2. The lowest BCUT2D eigenvalue weighted by Gasteiger charge is -2.04. The van der Waals surface area contributed by atoms with Crippen molar-refractivity contribution >= 4 is 12.1 Å². The smallest absolute Gasteiger partial charge is 0.497 e.